The molecule has 0 radical (unpaired) electrons. The molecule has 0 aliphatic carbocycles. The first kappa shape index (κ1) is 14.0. The number of ether oxygens (including phenoxy) is 1. The molecule has 1 aromatic rings. The Kier molecular flexibility index (Phi) is 3.98. The first-order valence-corrected chi connectivity index (χ1v) is 6.37. The number of hydrogen-bond acceptors (Lipinski definition) is 4. The highest BCUT2D eigenvalue weighted by molar-refractivity contribution is 6.28. The van der Waals surface area contributed by atoms with Crippen LogP contribution in [0.25, 0.3) is 0 Å². The Morgan fingerprint density at radius 2 is 1.95 bits per heavy atom. The van der Waals surface area contributed by atoms with Gasteiger partial charge in [0, 0.05) is 12.5 Å². The molecule has 104 valence electrons. The first-order chi connectivity index (χ1) is 9.52. The van der Waals surface area contributed by atoms with Gasteiger partial charge in [-0.25, -0.2) is 4.90 Å². The summed E-state index contributed by atoms with van der Waals surface area (Å²) in [5.41, 5.74) is 1.01. The molecule has 0 bridgehead atoms. The van der Waals surface area contributed by atoms with Crippen LogP contribution in [0.4, 0.5) is 5.69 Å². The molecule has 20 heavy (non-hydrogen) atoms. The van der Waals surface area contributed by atoms with E-state index in [4.69, 9.17) is 4.74 Å². The Morgan fingerprint density at radius 3 is 2.50 bits per heavy atom. The van der Waals surface area contributed by atoms with Crippen LogP contribution < -0.4 is 9.64 Å². The van der Waals surface area contributed by atoms with Crippen LogP contribution in [0.15, 0.2) is 35.9 Å². The van der Waals surface area contributed by atoms with Crippen molar-refractivity contribution in [2.24, 2.45) is 0 Å². The highest BCUT2D eigenvalue weighted by atomic mass is 16.5. The first-order valence-electron chi connectivity index (χ1n) is 6.37. The largest absolute Gasteiger partial charge is 0.427 e. The zero-order valence-electron chi connectivity index (χ0n) is 11.4. The third-order valence-electron chi connectivity index (χ3n) is 2.88. The van der Waals surface area contributed by atoms with E-state index in [-0.39, 0.29) is 18.2 Å². The predicted molar refractivity (Wildman–Crippen MR) is 73.2 cm³/mol. The Bertz CT molecular complexity index is 586. The van der Waals surface area contributed by atoms with Crippen LogP contribution in [0.3, 0.4) is 0 Å². The number of anilines is 1. The van der Waals surface area contributed by atoms with Gasteiger partial charge in [0.1, 0.15) is 5.75 Å². The molecule has 5 heteroatoms. The molecule has 0 aromatic heterocycles. The van der Waals surface area contributed by atoms with Crippen LogP contribution in [-0.4, -0.2) is 17.8 Å². The molecule has 5 nitrogen and oxygen atoms in total. The number of nitrogens with zero attached hydrogens (tertiary/aromatic N) is 1. The van der Waals surface area contributed by atoms with E-state index < -0.39 is 5.97 Å². The molecule has 0 atom stereocenters. The summed E-state index contributed by atoms with van der Waals surface area (Å²) in [7, 11) is 0. The van der Waals surface area contributed by atoms with Crippen molar-refractivity contribution in [3.05, 3.63) is 35.9 Å². The minimum atomic E-state index is -0.417. The summed E-state index contributed by atoms with van der Waals surface area (Å²) in [4.78, 5) is 36.0. The van der Waals surface area contributed by atoms with E-state index in [0.717, 1.165) is 4.90 Å². The zero-order chi connectivity index (χ0) is 14.7. The fourth-order valence-corrected chi connectivity index (χ4v) is 2.07. The Morgan fingerprint density at radius 1 is 1.30 bits per heavy atom. The summed E-state index contributed by atoms with van der Waals surface area (Å²) in [5.74, 6) is -0.559. The zero-order valence-corrected chi connectivity index (χ0v) is 11.4. The summed E-state index contributed by atoms with van der Waals surface area (Å²) in [6.07, 6.45) is 2.62. The van der Waals surface area contributed by atoms with E-state index in [2.05, 4.69) is 0 Å². The lowest BCUT2D eigenvalue weighted by molar-refractivity contribution is -0.132. The maximum Gasteiger partial charge on any atom is 0.308 e. The van der Waals surface area contributed by atoms with E-state index in [1.165, 1.54) is 6.92 Å². The number of imide groups is 1. The summed E-state index contributed by atoms with van der Waals surface area (Å²) < 4.78 is 4.91. The number of rotatable bonds is 3. The third kappa shape index (κ3) is 2.77. The number of esters is 1. The van der Waals surface area contributed by atoms with Crippen LogP contribution in [0.1, 0.15) is 26.7 Å². The molecule has 1 fully saturated rings. The van der Waals surface area contributed by atoms with Crippen molar-refractivity contribution in [1.29, 1.82) is 0 Å². The van der Waals surface area contributed by atoms with Crippen LogP contribution in [0.5, 0.6) is 5.75 Å². The number of benzene rings is 1. The van der Waals surface area contributed by atoms with Crippen LogP contribution in [-0.2, 0) is 14.4 Å². The van der Waals surface area contributed by atoms with Crippen LogP contribution in [0, 0.1) is 0 Å². The van der Waals surface area contributed by atoms with Gasteiger partial charge in [-0.15, -0.1) is 0 Å². The topological polar surface area (TPSA) is 63.7 Å². The Balaban J connectivity index is 2.23. The standard InChI is InChI=1S/C15H15NO4/c1-3-4-11-9-14(18)16(15(11)19)12-5-7-13(8-6-12)20-10(2)17/h4-8H,3,9H2,1-2H3/b11-4-. The van der Waals surface area contributed by atoms with Crippen LogP contribution in [0.2, 0.25) is 0 Å². The van der Waals surface area contributed by atoms with Gasteiger partial charge >= 0.3 is 5.97 Å². The lowest BCUT2D eigenvalue weighted by atomic mass is 10.2. The quantitative estimate of drug-likeness (QED) is 0.366. The third-order valence-corrected chi connectivity index (χ3v) is 2.88. The van der Waals surface area contributed by atoms with Crippen molar-refractivity contribution >= 4 is 23.5 Å². The van der Waals surface area contributed by atoms with Gasteiger partial charge in [0.2, 0.25) is 5.91 Å². The average Bonchev–Trinajstić information content (AvgIpc) is 2.66. The van der Waals surface area contributed by atoms with E-state index in [0.29, 0.717) is 23.4 Å². The number of amides is 2. The van der Waals surface area contributed by atoms with Gasteiger partial charge in [-0.3, -0.25) is 14.4 Å². The van der Waals surface area contributed by atoms with E-state index >= 15 is 0 Å². The van der Waals surface area contributed by atoms with Gasteiger partial charge in [-0.05, 0) is 30.7 Å². The van der Waals surface area contributed by atoms with Crippen molar-refractivity contribution in [3.63, 3.8) is 0 Å². The molecule has 1 aromatic carbocycles. The van der Waals surface area contributed by atoms with Gasteiger partial charge in [0.15, 0.2) is 0 Å². The SMILES string of the molecule is CC/C=C1/CC(=O)N(c2ccc(OC(C)=O)cc2)C1=O. The molecule has 0 saturated carbocycles. The number of hydrogen-bond donors (Lipinski definition) is 0. The van der Waals surface area contributed by atoms with Gasteiger partial charge in [-0.2, -0.15) is 0 Å². The molecule has 0 spiro atoms. The molecule has 2 amide bonds. The maximum absolute atomic E-state index is 12.1. The van der Waals surface area contributed by atoms with Crippen LogP contribution >= 0.6 is 0 Å². The van der Waals surface area contributed by atoms with E-state index in [1.807, 2.05) is 6.92 Å². The summed E-state index contributed by atoms with van der Waals surface area (Å²) >= 11 is 0. The van der Waals surface area contributed by atoms with Gasteiger partial charge in [-0.1, -0.05) is 13.0 Å². The second-order valence-corrected chi connectivity index (χ2v) is 4.44. The normalized spacial score (nSPS) is 16.9. The lowest BCUT2D eigenvalue weighted by Crippen LogP contribution is -2.28. The summed E-state index contributed by atoms with van der Waals surface area (Å²) in [6, 6.07) is 6.28. The number of carbonyl (C=O) groups is 3. The molecular weight excluding hydrogens is 258 g/mol. The second-order valence-electron chi connectivity index (χ2n) is 4.44. The van der Waals surface area contributed by atoms with Gasteiger partial charge in [0.05, 0.1) is 12.1 Å². The predicted octanol–water partition coefficient (Wildman–Crippen LogP) is 2.21. The molecule has 1 saturated heterocycles. The second kappa shape index (κ2) is 5.69. The maximum atomic E-state index is 12.1. The monoisotopic (exact) mass is 273 g/mol. The average molecular weight is 273 g/mol. The van der Waals surface area contributed by atoms with E-state index in [1.54, 1.807) is 30.3 Å². The minimum absolute atomic E-state index is 0.137. The highest BCUT2D eigenvalue weighted by Crippen LogP contribution is 2.27. The van der Waals surface area contributed by atoms with Crippen molar-refractivity contribution in [2.45, 2.75) is 26.7 Å². The van der Waals surface area contributed by atoms with Crippen molar-refractivity contribution in [2.75, 3.05) is 4.90 Å². The molecule has 1 aliphatic rings. The Hall–Kier alpha value is -2.43. The smallest absolute Gasteiger partial charge is 0.308 e. The number of allylic oxidation sites excluding steroid dienone is 1. The van der Waals surface area contributed by atoms with Crippen molar-refractivity contribution < 1.29 is 19.1 Å². The van der Waals surface area contributed by atoms with E-state index in [9.17, 15) is 14.4 Å². The van der Waals surface area contributed by atoms with Crippen molar-refractivity contribution in [3.8, 4) is 5.75 Å². The minimum Gasteiger partial charge on any atom is -0.427 e. The molecule has 1 heterocycles. The van der Waals surface area contributed by atoms with Gasteiger partial charge < -0.3 is 4.74 Å². The molecular formula is C15H15NO4. The lowest BCUT2D eigenvalue weighted by Gasteiger charge is -2.13. The fraction of sp³-hybridized carbons (Fsp3) is 0.267. The number of carbonyl (C=O) groups excluding carboxylic acids is 3. The molecule has 1 aliphatic heterocycles. The molecule has 2 rings (SSSR count). The molecule has 0 N–H and O–H groups in total. The fourth-order valence-electron chi connectivity index (χ4n) is 2.07. The van der Waals surface area contributed by atoms with Gasteiger partial charge in [0.25, 0.3) is 5.91 Å². The Labute approximate surface area is 116 Å². The highest BCUT2D eigenvalue weighted by Gasteiger charge is 2.34. The summed E-state index contributed by atoms with van der Waals surface area (Å²) in [6.45, 7) is 3.23. The molecule has 0 unspecified atom stereocenters. The summed E-state index contributed by atoms with van der Waals surface area (Å²) in [5, 5.41) is 0. The van der Waals surface area contributed by atoms with Crippen molar-refractivity contribution in [1.82, 2.24) is 0 Å².